The summed E-state index contributed by atoms with van der Waals surface area (Å²) in [7, 11) is 0. The molecule has 23 heavy (non-hydrogen) atoms. The maximum absolute atomic E-state index is 12.8. The first-order valence-corrected chi connectivity index (χ1v) is 8.21. The second kappa shape index (κ2) is 4.95. The van der Waals surface area contributed by atoms with Crippen LogP contribution < -0.4 is 4.90 Å². The molecule has 0 aromatic heterocycles. The highest BCUT2D eigenvalue weighted by Crippen LogP contribution is 2.59. The minimum atomic E-state index is -0.876. The zero-order chi connectivity index (χ0) is 16.5. The summed E-state index contributed by atoms with van der Waals surface area (Å²) in [5, 5.41) is 9.98. The average molecular weight is 354 g/mol. The van der Waals surface area contributed by atoms with Crippen molar-refractivity contribution in [2.45, 2.75) is 12.8 Å². The summed E-state index contributed by atoms with van der Waals surface area (Å²) in [6, 6.07) is 4.62. The number of carbonyl (C=O) groups is 3. The topological polar surface area (TPSA) is 74.7 Å². The quantitative estimate of drug-likeness (QED) is 0.829. The van der Waals surface area contributed by atoms with Gasteiger partial charge in [0.2, 0.25) is 11.8 Å². The summed E-state index contributed by atoms with van der Waals surface area (Å²) in [4.78, 5) is 38.1. The first-order chi connectivity index (χ1) is 10.9. The Hall–Kier alpha value is -1.59. The Morgan fingerprint density at radius 1 is 1.13 bits per heavy atom. The molecule has 1 N–H and O–H groups in total. The molecule has 2 saturated carbocycles. The fourth-order valence-corrected chi connectivity index (χ4v) is 5.14. The number of benzene rings is 1. The number of hydrogen-bond donors (Lipinski definition) is 1. The first kappa shape index (κ1) is 15.0. The normalized spacial score (nSPS) is 35.0. The minimum absolute atomic E-state index is 0.0291. The third-order valence-electron chi connectivity index (χ3n) is 5.48. The highest BCUT2D eigenvalue weighted by atomic mass is 35.5. The van der Waals surface area contributed by atoms with Crippen molar-refractivity contribution in [1.82, 2.24) is 0 Å². The Morgan fingerprint density at radius 3 is 2.48 bits per heavy atom. The number of carbonyl (C=O) groups excluding carboxylic acids is 2. The minimum Gasteiger partial charge on any atom is -0.481 e. The molecule has 1 aromatic carbocycles. The predicted octanol–water partition coefficient (Wildman–Crippen LogP) is 2.84. The zero-order valence-electron chi connectivity index (χ0n) is 11.9. The summed E-state index contributed by atoms with van der Waals surface area (Å²) in [6.07, 6.45) is 1.12. The molecule has 3 fully saturated rings. The monoisotopic (exact) mass is 353 g/mol. The van der Waals surface area contributed by atoms with Crippen molar-refractivity contribution in [3.05, 3.63) is 28.2 Å². The van der Waals surface area contributed by atoms with Gasteiger partial charge in [0, 0.05) is 5.02 Å². The average Bonchev–Trinajstić information content (AvgIpc) is 3.13. The van der Waals surface area contributed by atoms with Crippen LogP contribution >= 0.6 is 23.2 Å². The maximum atomic E-state index is 12.8. The largest absolute Gasteiger partial charge is 0.481 e. The molecule has 5 atom stereocenters. The van der Waals surface area contributed by atoms with E-state index in [1.54, 1.807) is 12.1 Å². The Bertz CT molecular complexity index is 750. The van der Waals surface area contributed by atoms with E-state index in [0.717, 1.165) is 4.90 Å². The number of anilines is 1. The van der Waals surface area contributed by atoms with Gasteiger partial charge in [0.1, 0.15) is 0 Å². The summed E-state index contributed by atoms with van der Waals surface area (Å²) in [5.74, 6) is -3.22. The van der Waals surface area contributed by atoms with Crippen LogP contribution in [0.1, 0.15) is 12.8 Å². The van der Waals surface area contributed by atoms with Crippen molar-refractivity contribution in [2.75, 3.05) is 4.90 Å². The smallest absolute Gasteiger partial charge is 0.306 e. The molecule has 0 spiro atoms. The predicted molar refractivity (Wildman–Crippen MR) is 83.3 cm³/mol. The van der Waals surface area contributed by atoms with Gasteiger partial charge in [-0.15, -0.1) is 0 Å². The Morgan fingerprint density at radius 2 is 1.83 bits per heavy atom. The molecule has 2 aliphatic carbocycles. The van der Waals surface area contributed by atoms with Crippen molar-refractivity contribution in [1.29, 1.82) is 0 Å². The molecule has 3 aliphatic rings. The van der Waals surface area contributed by atoms with Gasteiger partial charge in [0.25, 0.3) is 0 Å². The number of carboxylic acid groups (broad SMARTS) is 1. The number of amides is 2. The van der Waals surface area contributed by atoms with E-state index >= 15 is 0 Å². The number of fused-ring (bicyclic) bond motifs is 5. The first-order valence-electron chi connectivity index (χ1n) is 7.46. The second-order valence-electron chi connectivity index (χ2n) is 6.50. The molecule has 5 unspecified atom stereocenters. The van der Waals surface area contributed by atoms with E-state index in [-0.39, 0.29) is 28.7 Å². The number of halogens is 2. The lowest BCUT2D eigenvalue weighted by Crippen LogP contribution is -2.34. The third kappa shape index (κ3) is 1.96. The van der Waals surface area contributed by atoms with Crippen molar-refractivity contribution < 1.29 is 19.5 Å². The van der Waals surface area contributed by atoms with Crippen molar-refractivity contribution in [3.8, 4) is 0 Å². The molecule has 5 nitrogen and oxygen atoms in total. The molecule has 1 aliphatic heterocycles. The van der Waals surface area contributed by atoms with Gasteiger partial charge in [-0.2, -0.15) is 0 Å². The van der Waals surface area contributed by atoms with Crippen LogP contribution in [0.3, 0.4) is 0 Å². The molecule has 4 rings (SSSR count). The molecule has 0 radical (unpaired) electrons. The van der Waals surface area contributed by atoms with Crippen LogP contribution in [-0.2, 0) is 14.4 Å². The van der Waals surface area contributed by atoms with E-state index in [0.29, 0.717) is 23.6 Å². The molecule has 7 heteroatoms. The number of nitrogens with zero attached hydrogens (tertiary/aromatic N) is 1. The Balaban J connectivity index is 1.73. The van der Waals surface area contributed by atoms with Crippen LogP contribution in [0.5, 0.6) is 0 Å². The lowest BCUT2D eigenvalue weighted by Gasteiger charge is -2.25. The van der Waals surface area contributed by atoms with E-state index in [1.807, 2.05) is 0 Å². The third-order valence-corrected chi connectivity index (χ3v) is 6.02. The van der Waals surface area contributed by atoms with Gasteiger partial charge in [0.05, 0.1) is 28.5 Å². The fraction of sp³-hybridized carbons (Fsp3) is 0.438. The Kier molecular flexibility index (Phi) is 3.22. The number of rotatable bonds is 2. The number of hydrogen-bond acceptors (Lipinski definition) is 3. The fourth-order valence-electron chi connectivity index (χ4n) is 4.64. The standard InChI is InChI=1S/C16H13Cl2NO4/c17-7-1-2-11(10(18)5-7)19-14(20)12-6-3-8(13(12)15(19)21)9(4-6)16(22)23/h1-2,5-6,8-9,12-13H,3-4H2,(H,22,23). The molecular formula is C16H13Cl2NO4. The summed E-state index contributed by atoms with van der Waals surface area (Å²) >= 11 is 12.0. The van der Waals surface area contributed by atoms with Gasteiger partial charge in [-0.25, -0.2) is 4.90 Å². The summed E-state index contributed by atoms with van der Waals surface area (Å²) in [5.41, 5.74) is 0.326. The summed E-state index contributed by atoms with van der Waals surface area (Å²) < 4.78 is 0. The Labute approximate surface area is 142 Å². The highest BCUT2D eigenvalue weighted by molar-refractivity contribution is 6.38. The van der Waals surface area contributed by atoms with Crippen LogP contribution in [0, 0.1) is 29.6 Å². The summed E-state index contributed by atoms with van der Waals surface area (Å²) in [6.45, 7) is 0. The zero-order valence-corrected chi connectivity index (χ0v) is 13.4. The van der Waals surface area contributed by atoms with Crippen LogP contribution in [-0.4, -0.2) is 22.9 Å². The van der Waals surface area contributed by atoms with Gasteiger partial charge in [-0.1, -0.05) is 23.2 Å². The van der Waals surface area contributed by atoms with Crippen molar-refractivity contribution in [3.63, 3.8) is 0 Å². The van der Waals surface area contributed by atoms with Gasteiger partial charge in [-0.05, 0) is 42.9 Å². The molecular weight excluding hydrogens is 341 g/mol. The number of imide groups is 1. The van der Waals surface area contributed by atoms with Crippen LogP contribution in [0.25, 0.3) is 0 Å². The van der Waals surface area contributed by atoms with E-state index in [4.69, 9.17) is 23.2 Å². The molecule has 1 saturated heterocycles. The van der Waals surface area contributed by atoms with Gasteiger partial charge in [-0.3, -0.25) is 14.4 Å². The van der Waals surface area contributed by atoms with Crippen LogP contribution in [0.15, 0.2) is 18.2 Å². The van der Waals surface area contributed by atoms with Crippen LogP contribution in [0.4, 0.5) is 5.69 Å². The number of carboxylic acids is 1. The lowest BCUT2D eigenvalue weighted by molar-refractivity contribution is -0.145. The van der Waals surface area contributed by atoms with E-state index in [9.17, 15) is 19.5 Å². The van der Waals surface area contributed by atoms with Crippen molar-refractivity contribution >= 4 is 46.7 Å². The molecule has 1 heterocycles. The van der Waals surface area contributed by atoms with Crippen LogP contribution in [0.2, 0.25) is 10.0 Å². The highest BCUT2D eigenvalue weighted by Gasteiger charge is 2.65. The van der Waals surface area contributed by atoms with E-state index in [1.165, 1.54) is 6.07 Å². The SMILES string of the molecule is O=C(O)C1CC2CC1C1C(=O)N(c3ccc(Cl)cc3Cl)C(=O)C21. The van der Waals surface area contributed by atoms with E-state index in [2.05, 4.69) is 0 Å². The van der Waals surface area contributed by atoms with Crippen molar-refractivity contribution in [2.24, 2.45) is 29.6 Å². The van der Waals surface area contributed by atoms with Gasteiger partial charge >= 0.3 is 5.97 Å². The van der Waals surface area contributed by atoms with Gasteiger partial charge < -0.3 is 5.11 Å². The second-order valence-corrected chi connectivity index (χ2v) is 7.34. The molecule has 2 bridgehead atoms. The van der Waals surface area contributed by atoms with Gasteiger partial charge in [0.15, 0.2) is 0 Å². The van der Waals surface area contributed by atoms with E-state index < -0.39 is 23.7 Å². The molecule has 120 valence electrons. The maximum Gasteiger partial charge on any atom is 0.306 e. The molecule has 2 amide bonds. The lowest BCUT2D eigenvalue weighted by atomic mass is 9.75. The number of aliphatic carboxylic acids is 1. The molecule has 1 aromatic rings.